The summed E-state index contributed by atoms with van der Waals surface area (Å²) in [6, 6.07) is 56.8. The summed E-state index contributed by atoms with van der Waals surface area (Å²) in [5.41, 5.74) is 11.2. The Bertz CT molecular complexity index is 2700. The molecule has 4 aromatic heterocycles. The molecule has 0 radical (unpaired) electrons. The number of hydrogen-bond donors (Lipinski definition) is 0. The Morgan fingerprint density at radius 3 is 1.22 bits per heavy atom. The fourth-order valence-electron chi connectivity index (χ4n) is 7.18. The van der Waals surface area contributed by atoms with Crippen LogP contribution in [0, 0.1) is 0 Å². The smallest absolute Gasteiger partial charge is 0.0892 e. The van der Waals surface area contributed by atoms with E-state index >= 15 is 0 Å². The van der Waals surface area contributed by atoms with Crippen LogP contribution in [0.5, 0.6) is 0 Å². The van der Waals surface area contributed by atoms with Crippen LogP contribution in [0.15, 0.2) is 170 Å². The third-order valence-electron chi connectivity index (χ3n) is 9.60. The fourth-order valence-corrected chi connectivity index (χ4v) is 9.66. The van der Waals surface area contributed by atoms with Crippen molar-refractivity contribution in [1.82, 2.24) is 9.97 Å². The molecule has 0 saturated carbocycles. The van der Waals surface area contributed by atoms with Crippen LogP contribution >= 0.6 is 22.7 Å². The molecule has 0 aliphatic heterocycles. The lowest BCUT2D eigenvalue weighted by Gasteiger charge is -2.10. The van der Waals surface area contributed by atoms with E-state index in [1.807, 2.05) is 35.1 Å². The number of fused-ring (bicyclic) bond motifs is 6. The van der Waals surface area contributed by atoms with Gasteiger partial charge in [-0.25, -0.2) is 0 Å². The summed E-state index contributed by atoms with van der Waals surface area (Å²) in [6.45, 7) is 0. The quantitative estimate of drug-likeness (QED) is 0.182. The lowest BCUT2D eigenvalue weighted by atomic mass is 9.97. The molecule has 0 bridgehead atoms. The van der Waals surface area contributed by atoms with Gasteiger partial charge in [-0.2, -0.15) is 0 Å². The van der Waals surface area contributed by atoms with E-state index in [1.165, 1.54) is 62.6 Å². The van der Waals surface area contributed by atoms with Gasteiger partial charge in [0, 0.05) is 52.7 Å². The van der Waals surface area contributed by atoms with Crippen LogP contribution < -0.4 is 0 Å². The Hall–Kier alpha value is -5.94. The second-order valence-corrected chi connectivity index (χ2v) is 14.7. The summed E-state index contributed by atoms with van der Waals surface area (Å²) in [5, 5.41) is 5.26. The van der Waals surface area contributed by atoms with Gasteiger partial charge in [-0.05, 0) is 93.0 Å². The Balaban J connectivity index is 0.996. The van der Waals surface area contributed by atoms with E-state index < -0.39 is 0 Å². The van der Waals surface area contributed by atoms with Gasteiger partial charge in [0.1, 0.15) is 0 Å². The average Bonchev–Trinajstić information content (AvgIpc) is 3.77. The molecule has 0 amide bonds. The van der Waals surface area contributed by atoms with Crippen molar-refractivity contribution in [3.05, 3.63) is 170 Å². The van der Waals surface area contributed by atoms with E-state index in [9.17, 15) is 0 Å². The van der Waals surface area contributed by atoms with Crippen molar-refractivity contribution in [2.75, 3.05) is 0 Å². The summed E-state index contributed by atoms with van der Waals surface area (Å²) >= 11 is 3.73. The predicted octanol–water partition coefficient (Wildman–Crippen LogP) is 13.5. The maximum atomic E-state index is 4.78. The molecule has 0 aliphatic rings. The fraction of sp³-hybridized carbons (Fsp3) is 0. The van der Waals surface area contributed by atoms with Gasteiger partial charge in [-0.15, -0.1) is 22.7 Å². The number of aromatic nitrogens is 2. The summed E-state index contributed by atoms with van der Waals surface area (Å²) in [5.74, 6) is 0. The molecular formula is C46H28N2S2. The molecular weight excluding hydrogens is 645 g/mol. The molecule has 6 aromatic carbocycles. The number of nitrogens with zero attached hydrogens (tertiary/aromatic N) is 2. The minimum absolute atomic E-state index is 0.854. The van der Waals surface area contributed by atoms with Gasteiger partial charge in [0.15, 0.2) is 0 Å². The lowest BCUT2D eigenvalue weighted by molar-refractivity contribution is 1.25. The predicted molar refractivity (Wildman–Crippen MR) is 215 cm³/mol. The van der Waals surface area contributed by atoms with E-state index in [2.05, 4.69) is 158 Å². The second kappa shape index (κ2) is 11.9. The molecule has 4 heterocycles. The summed E-state index contributed by atoms with van der Waals surface area (Å²) in [7, 11) is 0. The first-order chi connectivity index (χ1) is 24.8. The number of rotatable bonds is 5. The third-order valence-corrected chi connectivity index (χ3v) is 12.0. The van der Waals surface area contributed by atoms with Crippen molar-refractivity contribution in [2.45, 2.75) is 0 Å². The zero-order valence-corrected chi connectivity index (χ0v) is 28.5. The SMILES string of the molecule is c1cc(-c2ccnc(-c3cc(-c4cccc(-c5cccc6c5sc5ccccc56)c4)ccn3)c2)cc(-c2cccc3c2sc2ccccc23)c1. The van der Waals surface area contributed by atoms with Crippen LogP contribution in [0.4, 0.5) is 0 Å². The highest BCUT2D eigenvalue weighted by Gasteiger charge is 2.14. The topological polar surface area (TPSA) is 25.8 Å². The molecule has 0 spiro atoms. The maximum absolute atomic E-state index is 4.78. The van der Waals surface area contributed by atoms with Gasteiger partial charge in [0.2, 0.25) is 0 Å². The summed E-state index contributed by atoms with van der Waals surface area (Å²) in [4.78, 5) is 9.55. The molecule has 0 aliphatic carbocycles. The maximum Gasteiger partial charge on any atom is 0.0892 e. The summed E-state index contributed by atoms with van der Waals surface area (Å²) in [6.07, 6.45) is 3.79. The first-order valence-electron chi connectivity index (χ1n) is 16.7. The normalized spacial score (nSPS) is 11.6. The minimum Gasteiger partial charge on any atom is -0.255 e. The Morgan fingerprint density at radius 1 is 0.320 bits per heavy atom. The molecule has 0 unspecified atom stereocenters. The van der Waals surface area contributed by atoms with Gasteiger partial charge in [-0.3, -0.25) is 9.97 Å². The van der Waals surface area contributed by atoms with Crippen molar-refractivity contribution in [3.8, 4) is 55.9 Å². The van der Waals surface area contributed by atoms with E-state index in [-0.39, 0.29) is 0 Å². The molecule has 0 saturated heterocycles. The monoisotopic (exact) mass is 672 g/mol. The second-order valence-electron chi connectivity index (χ2n) is 12.6. The zero-order chi connectivity index (χ0) is 33.0. The van der Waals surface area contributed by atoms with Crippen molar-refractivity contribution in [1.29, 1.82) is 0 Å². The van der Waals surface area contributed by atoms with E-state index in [0.717, 1.165) is 33.6 Å². The molecule has 10 rings (SSSR count). The van der Waals surface area contributed by atoms with Crippen molar-refractivity contribution < 1.29 is 0 Å². The average molecular weight is 673 g/mol. The third kappa shape index (κ3) is 4.92. The minimum atomic E-state index is 0.854. The number of pyridine rings is 2. The van der Waals surface area contributed by atoms with Crippen LogP contribution in [0.2, 0.25) is 0 Å². The van der Waals surface area contributed by atoms with E-state index in [0.29, 0.717) is 0 Å². The standard InChI is InChI=1S/C46H28N2S2/c1-3-19-43-37(13-1)39-17-7-15-35(45(39)49-43)33-11-5-9-29(25-33)31-21-23-47-41(27-31)42-28-32(22-24-48-42)30-10-6-12-34(26-30)36-16-8-18-40-38-14-2-4-20-44(38)50-46(36)40/h1-28H. The van der Waals surface area contributed by atoms with Crippen LogP contribution in [0.1, 0.15) is 0 Å². The van der Waals surface area contributed by atoms with E-state index in [1.54, 1.807) is 0 Å². The van der Waals surface area contributed by atoms with Gasteiger partial charge in [0.05, 0.1) is 11.4 Å². The Labute approximate surface area is 297 Å². The molecule has 0 N–H and O–H groups in total. The lowest BCUT2D eigenvalue weighted by Crippen LogP contribution is -1.90. The number of thiophene rings is 2. The van der Waals surface area contributed by atoms with Crippen molar-refractivity contribution in [3.63, 3.8) is 0 Å². The van der Waals surface area contributed by atoms with Crippen LogP contribution in [0.25, 0.3) is 96.2 Å². The van der Waals surface area contributed by atoms with E-state index in [4.69, 9.17) is 9.97 Å². The first kappa shape index (κ1) is 29.0. The molecule has 0 atom stereocenters. The number of benzene rings is 6. The van der Waals surface area contributed by atoms with Gasteiger partial charge in [-0.1, -0.05) is 109 Å². The molecule has 50 heavy (non-hydrogen) atoms. The first-order valence-corrected chi connectivity index (χ1v) is 18.3. The highest BCUT2D eigenvalue weighted by molar-refractivity contribution is 7.26. The molecule has 234 valence electrons. The Morgan fingerprint density at radius 2 is 0.720 bits per heavy atom. The van der Waals surface area contributed by atoms with Gasteiger partial charge in [0.25, 0.3) is 0 Å². The van der Waals surface area contributed by atoms with Gasteiger partial charge < -0.3 is 0 Å². The molecule has 2 nitrogen and oxygen atoms in total. The van der Waals surface area contributed by atoms with Crippen molar-refractivity contribution >= 4 is 63.0 Å². The highest BCUT2D eigenvalue weighted by Crippen LogP contribution is 2.42. The Kier molecular flexibility index (Phi) is 6.90. The van der Waals surface area contributed by atoms with Crippen molar-refractivity contribution in [2.24, 2.45) is 0 Å². The summed E-state index contributed by atoms with van der Waals surface area (Å²) < 4.78 is 5.29. The molecule has 10 aromatic rings. The molecule has 0 fully saturated rings. The zero-order valence-electron chi connectivity index (χ0n) is 26.9. The van der Waals surface area contributed by atoms with Crippen LogP contribution in [-0.4, -0.2) is 9.97 Å². The van der Waals surface area contributed by atoms with Crippen LogP contribution in [-0.2, 0) is 0 Å². The number of hydrogen-bond acceptors (Lipinski definition) is 4. The largest absolute Gasteiger partial charge is 0.255 e. The highest BCUT2D eigenvalue weighted by atomic mass is 32.1. The van der Waals surface area contributed by atoms with Crippen LogP contribution in [0.3, 0.4) is 0 Å². The molecule has 4 heteroatoms. The van der Waals surface area contributed by atoms with Gasteiger partial charge >= 0.3 is 0 Å².